The third kappa shape index (κ3) is 2.44. The molecule has 9 heteroatoms. The number of aromatic nitrogens is 4. The van der Waals surface area contributed by atoms with Crippen LogP contribution in [0.5, 0.6) is 0 Å². The summed E-state index contributed by atoms with van der Waals surface area (Å²) in [5.41, 5.74) is -1.51. The van der Waals surface area contributed by atoms with Crippen LogP contribution in [-0.4, -0.2) is 20.0 Å². The molecule has 2 heterocycles. The molecule has 0 N–H and O–H groups in total. The molecule has 0 bridgehead atoms. The predicted octanol–water partition coefficient (Wildman–Crippen LogP) is 2.62. The van der Waals surface area contributed by atoms with Crippen molar-refractivity contribution in [2.24, 2.45) is 0 Å². The molecule has 2 aromatic rings. The van der Waals surface area contributed by atoms with Crippen LogP contribution in [0.4, 0.5) is 22.0 Å². The molecule has 0 radical (unpaired) electrons. The molecule has 0 spiro atoms. The molecule has 0 aromatic carbocycles. The summed E-state index contributed by atoms with van der Waals surface area (Å²) in [7, 11) is 0. The molecule has 0 saturated heterocycles. The van der Waals surface area contributed by atoms with E-state index in [2.05, 4.69) is 15.2 Å². The van der Waals surface area contributed by atoms with Crippen molar-refractivity contribution in [3.8, 4) is 5.82 Å². The molecule has 2 rings (SSSR count). The van der Waals surface area contributed by atoms with Gasteiger partial charge in [-0.15, -0.1) is 9.90 Å². The minimum absolute atomic E-state index is 0.0742. The van der Waals surface area contributed by atoms with Gasteiger partial charge >= 0.3 is 6.18 Å². The van der Waals surface area contributed by atoms with Crippen molar-refractivity contribution < 1.29 is 22.0 Å². The first-order chi connectivity index (χ1) is 8.38. The molecule has 0 atom stereocenters. The summed E-state index contributed by atoms with van der Waals surface area (Å²) >= 11 is 0. The van der Waals surface area contributed by atoms with Crippen LogP contribution in [0.1, 0.15) is 17.7 Å². The topological polar surface area (TPSA) is 43.6 Å². The van der Waals surface area contributed by atoms with Crippen LogP contribution < -0.4 is 0 Å². The summed E-state index contributed by atoms with van der Waals surface area (Å²) in [6.45, 7) is 0. The molecule has 0 amide bonds. The van der Waals surface area contributed by atoms with Crippen LogP contribution in [0.2, 0.25) is 0 Å². The number of halogens is 5. The molecule has 0 unspecified atom stereocenters. The van der Waals surface area contributed by atoms with Gasteiger partial charge in [-0.05, 0) is 12.1 Å². The number of nitrogens with zero attached hydrogens (tertiary/aromatic N) is 4. The molecule has 0 aliphatic rings. The van der Waals surface area contributed by atoms with E-state index in [9.17, 15) is 22.0 Å². The fraction of sp³-hybridized carbons (Fsp3) is 0.222. The quantitative estimate of drug-likeness (QED) is 0.783. The van der Waals surface area contributed by atoms with Gasteiger partial charge in [-0.3, -0.25) is 0 Å². The highest BCUT2D eigenvalue weighted by molar-refractivity contribution is 5.24. The van der Waals surface area contributed by atoms with Gasteiger partial charge in [-0.25, -0.2) is 13.8 Å². The van der Waals surface area contributed by atoms with E-state index in [4.69, 9.17) is 0 Å². The van der Waals surface area contributed by atoms with Crippen LogP contribution in [0.15, 0.2) is 24.5 Å². The number of hydrogen-bond donors (Lipinski definition) is 0. The summed E-state index contributed by atoms with van der Waals surface area (Å²) in [5.74, 6) is -0.0742. The molecule has 0 aliphatic carbocycles. The van der Waals surface area contributed by atoms with Crippen LogP contribution in [-0.2, 0) is 6.18 Å². The van der Waals surface area contributed by atoms with Crippen molar-refractivity contribution in [3.63, 3.8) is 0 Å². The van der Waals surface area contributed by atoms with Crippen LogP contribution >= 0.6 is 0 Å². The van der Waals surface area contributed by atoms with Crippen molar-refractivity contribution in [2.75, 3.05) is 0 Å². The fourth-order valence-corrected chi connectivity index (χ4v) is 1.16. The summed E-state index contributed by atoms with van der Waals surface area (Å²) in [6.07, 6.45) is -5.89. The van der Waals surface area contributed by atoms with Gasteiger partial charge in [-0.2, -0.15) is 18.3 Å². The van der Waals surface area contributed by atoms with Gasteiger partial charge in [0.15, 0.2) is 5.82 Å². The Morgan fingerprint density at radius 2 is 1.83 bits per heavy atom. The maximum absolute atomic E-state index is 12.3. The zero-order valence-electron chi connectivity index (χ0n) is 8.57. The average molecular weight is 264 g/mol. The van der Waals surface area contributed by atoms with E-state index in [1.54, 1.807) is 0 Å². The second kappa shape index (κ2) is 4.31. The van der Waals surface area contributed by atoms with Crippen LogP contribution in [0.3, 0.4) is 0 Å². The van der Waals surface area contributed by atoms with Gasteiger partial charge in [-0.1, -0.05) is 0 Å². The van der Waals surface area contributed by atoms with Crippen LogP contribution in [0, 0.1) is 0 Å². The zero-order valence-corrected chi connectivity index (χ0v) is 8.57. The lowest BCUT2D eigenvalue weighted by Crippen LogP contribution is -2.08. The van der Waals surface area contributed by atoms with E-state index in [1.165, 1.54) is 0 Å². The highest BCUT2D eigenvalue weighted by atomic mass is 19.4. The van der Waals surface area contributed by atoms with Gasteiger partial charge < -0.3 is 0 Å². The number of pyridine rings is 1. The molecule has 96 valence electrons. The predicted molar refractivity (Wildman–Crippen MR) is 49.1 cm³/mol. The molecule has 4 nitrogen and oxygen atoms in total. The lowest BCUT2D eigenvalue weighted by Gasteiger charge is -2.05. The monoisotopic (exact) mass is 264 g/mol. The van der Waals surface area contributed by atoms with E-state index < -0.39 is 23.9 Å². The summed E-state index contributed by atoms with van der Waals surface area (Å²) in [5, 5.41) is 6.86. The summed E-state index contributed by atoms with van der Waals surface area (Å²) in [6, 6.07) is 1.77. The van der Waals surface area contributed by atoms with E-state index in [1.807, 2.05) is 0 Å². The Morgan fingerprint density at radius 3 is 2.28 bits per heavy atom. The highest BCUT2D eigenvalue weighted by Gasteiger charge is 2.30. The first-order valence-electron chi connectivity index (χ1n) is 4.62. The zero-order chi connectivity index (χ0) is 13.3. The standard InChI is InChI=1S/C9H5F5N4/c10-8(11)6-4-16-18(17-6)7-2-1-5(3-15-7)9(12,13)14/h1-4,8H. The van der Waals surface area contributed by atoms with E-state index in [0.717, 1.165) is 23.1 Å². The van der Waals surface area contributed by atoms with Crippen molar-refractivity contribution >= 4 is 0 Å². The summed E-state index contributed by atoms with van der Waals surface area (Å²) < 4.78 is 61.2. The second-order valence-corrected chi connectivity index (χ2v) is 3.26. The molecule has 2 aromatic heterocycles. The van der Waals surface area contributed by atoms with Crippen molar-refractivity contribution in [1.82, 2.24) is 20.0 Å². The SMILES string of the molecule is FC(F)c1cnn(-c2ccc(C(F)(F)F)cn2)n1. The maximum Gasteiger partial charge on any atom is 0.417 e. The van der Waals surface area contributed by atoms with Crippen molar-refractivity contribution in [2.45, 2.75) is 12.6 Å². The Balaban J connectivity index is 2.29. The first-order valence-corrected chi connectivity index (χ1v) is 4.62. The average Bonchev–Trinajstić information content (AvgIpc) is 2.77. The third-order valence-electron chi connectivity index (χ3n) is 2.01. The molecule has 0 aliphatic heterocycles. The van der Waals surface area contributed by atoms with Gasteiger partial charge in [0.25, 0.3) is 6.43 Å². The van der Waals surface area contributed by atoms with E-state index in [0.29, 0.717) is 6.20 Å². The second-order valence-electron chi connectivity index (χ2n) is 3.26. The number of rotatable bonds is 2. The Bertz CT molecular complexity index is 531. The van der Waals surface area contributed by atoms with Crippen molar-refractivity contribution in [3.05, 3.63) is 35.8 Å². The normalized spacial score (nSPS) is 12.1. The highest BCUT2D eigenvalue weighted by Crippen LogP contribution is 2.28. The number of alkyl halides is 5. The van der Waals surface area contributed by atoms with Gasteiger partial charge in [0.1, 0.15) is 5.69 Å². The Hall–Kier alpha value is -2.06. The van der Waals surface area contributed by atoms with Crippen LogP contribution in [0.25, 0.3) is 5.82 Å². The minimum atomic E-state index is -4.50. The molecule has 0 saturated carbocycles. The number of hydrogen-bond acceptors (Lipinski definition) is 3. The molecular formula is C9H5F5N4. The van der Waals surface area contributed by atoms with E-state index in [-0.39, 0.29) is 5.82 Å². The van der Waals surface area contributed by atoms with Gasteiger partial charge in [0.05, 0.1) is 11.8 Å². The fourth-order valence-electron chi connectivity index (χ4n) is 1.16. The lowest BCUT2D eigenvalue weighted by molar-refractivity contribution is -0.137. The smallest absolute Gasteiger partial charge is 0.235 e. The van der Waals surface area contributed by atoms with Gasteiger partial charge in [0.2, 0.25) is 0 Å². The summed E-state index contributed by atoms with van der Waals surface area (Å²) in [4.78, 5) is 4.20. The Labute approximate surface area is 97.1 Å². The lowest BCUT2D eigenvalue weighted by atomic mass is 10.3. The molecular weight excluding hydrogens is 259 g/mol. The first kappa shape index (κ1) is 12.4. The minimum Gasteiger partial charge on any atom is -0.235 e. The third-order valence-corrected chi connectivity index (χ3v) is 2.01. The maximum atomic E-state index is 12.3. The largest absolute Gasteiger partial charge is 0.417 e. The Kier molecular flexibility index (Phi) is 2.97. The van der Waals surface area contributed by atoms with Gasteiger partial charge in [0, 0.05) is 6.20 Å². The van der Waals surface area contributed by atoms with E-state index >= 15 is 0 Å². The van der Waals surface area contributed by atoms with Crippen molar-refractivity contribution in [1.29, 1.82) is 0 Å². The Morgan fingerprint density at radius 1 is 1.11 bits per heavy atom. The molecule has 0 fully saturated rings. The molecule has 18 heavy (non-hydrogen) atoms.